The number of para-hydroxylation sites is 1. The van der Waals surface area contributed by atoms with Gasteiger partial charge in [0.15, 0.2) is 0 Å². The lowest BCUT2D eigenvalue weighted by molar-refractivity contribution is 0.303. The average molecular weight is 441 g/mol. The van der Waals surface area contributed by atoms with Crippen LogP contribution < -0.4 is 10.1 Å². The minimum Gasteiger partial charge on any atom is -0.487 e. The quantitative estimate of drug-likeness (QED) is 0.422. The van der Waals surface area contributed by atoms with Gasteiger partial charge in [-0.15, -0.1) is 0 Å². The van der Waals surface area contributed by atoms with E-state index in [1.165, 1.54) is 0 Å². The van der Waals surface area contributed by atoms with Gasteiger partial charge in [-0.25, -0.2) is 0 Å². The molecule has 27 heavy (non-hydrogen) atoms. The molecule has 0 bridgehead atoms. The summed E-state index contributed by atoms with van der Waals surface area (Å²) < 4.78 is 5.99. The highest BCUT2D eigenvalue weighted by atomic mass is 35.5. The normalized spacial score (nSPS) is 10.7. The summed E-state index contributed by atoms with van der Waals surface area (Å²) in [6, 6.07) is 16.9. The summed E-state index contributed by atoms with van der Waals surface area (Å²) in [6.07, 6.45) is 0. The van der Waals surface area contributed by atoms with E-state index in [1.54, 1.807) is 18.2 Å². The van der Waals surface area contributed by atoms with Crippen molar-refractivity contribution in [1.82, 2.24) is 0 Å². The Bertz CT molecular complexity index is 959. The van der Waals surface area contributed by atoms with Crippen molar-refractivity contribution in [2.24, 2.45) is 0 Å². The Kier molecular flexibility index (Phi) is 6.78. The van der Waals surface area contributed by atoms with Gasteiger partial charge in [-0.05, 0) is 42.8 Å². The van der Waals surface area contributed by atoms with Gasteiger partial charge in [0.1, 0.15) is 12.4 Å². The van der Waals surface area contributed by atoms with Crippen molar-refractivity contribution in [1.29, 1.82) is 0 Å². The van der Waals surface area contributed by atoms with Crippen LogP contribution in [0.15, 0.2) is 54.6 Å². The van der Waals surface area contributed by atoms with Crippen LogP contribution in [-0.4, -0.2) is 0 Å². The Labute approximate surface area is 179 Å². The van der Waals surface area contributed by atoms with E-state index in [-0.39, 0.29) is 6.61 Å². The molecule has 0 fully saturated rings. The molecule has 0 radical (unpaired) electrons. The highest BCUT2D eigenvalue weighted by Crippen LogP contribution is 2.34. The van der Waals surface area contributed by atoms with Crippen molar-refractivity contribution in [2.75, 3.05) is 5.32 Å². The molecular weight excluding hydrogens is 424 g/mol. The lowest BCUT2D eigenvalue weighted by atomic mass is 10.1. The van der Waals surface area contributed by atoms with E-state index in [2.05, 4.69) is 5.32 Å². The van der Waals surface area contributed by atoms with Crippen LogP contribution >= 0.6 is 46.4 Å². The maximum absolute atomic E-state index is 6.39. The lowest BCUT2D eigenvalue weighted by Gasteiger charge is -2.16. The number of hydrogen-bond donors (Lipinski definition) is 1. The van der Waals surface area contributed by atoms with Crippen LogP contribution in [-0.2, 0) is 13.2 Å². The summed E-state index contributed by atoms with van der Waals surface area (Å²) in [5.74, 6) is 0.577. The minimum absolute atomic E-state index is 0.273. The largest absolute Gasteiger partial charge is 0.487 e. The first-order valence-corrected chi connectivity index (χ1v) is 9.79. The van der Waals surface area contributed by atoms with Crippen LogP contribution in [0.5, 0.6) is 5.75 Å². The van der Waals surface area contributed by atoms with Crippen molar-refractivity contribution in [2.45, 2.75) is 20.1 Å². The number of aryl methyl sites for hydroxylation is 1. The Morgan fingerprint density at radius 3 is 2.30 bits per heavy atom. The maximum atomic E-state index is 6.39. The second-order valence-electron chi connectivity index (χ2n) is 6.07. The average Bonchev–Trinajstić information content (AvgIpc) is 2.61. The fourth-order valence-corrected chi connectivity index (χ4v) is 3.71. The first-order valence-electron chi connectivity index (χ1n) is 8.28. The summed E-state index contributed by atoms with van der Waals surface area (Å²) in [4.78, 5) is 0. The molecule has 0 aromatic heterocycles. The molecule has 3 aromatic rings. The summed E-state index contributed by atoms with van der Waals surface area (Å²) in [5.41, 5.74) is 3.88. The summed E-state index contributed by atoms with van der Waals surface area (Å²) >= 11 is 24.8. The van der Waals surface area contributed by atoms with E-state index < -0.39 is 0 Å². The Balaban J connectivity index is 1.81. The van der Waals surface area contributed by atoms with Crippen LogP contribution in [0.4, 0.5) is 5.69 Å². The molecule has 0 atom stereocenters. The Morgan fingerprint density at radius 1 is 0.815 bits per heavy atom. The summed E-state index contributed by atoms with van der Waals surface area (Å²) in [5, 5.41) is 5.54. The topological polar surface area (TPSA) is 21.3 Å². The highest BCUT2D eigenvalue weighted by molar-refractivity contribution is 6.36. The van der Waals surface area contributed by atoms with Crippen molar-refractivity contribution in [3.05, 3.63) is 91.4 Å². The van der Waals surface area contributed by atoms with Crippen molar-refractivity contribution < 1.29 is 4.74 Å². The third-order valence-electron chi connectivity index (χ3n) is 4.09. The number of hydrogen-bond acceptors (Lipinski definition) is 2. The molecule has 3 aromatic carbocycles. The molecule has 0 amide bonds. The van der Waals surface area contributed by atoms with Crippen molar-refractivity contribution in [3.63, 3.8) is 0 Å². The molecule has 0 aliphatic heterocycles. The summed E-state index contributed by atoms with van der Waals surface area (Å²) in [6.45, 7) is 2.84. The molecule has 2 nitrogen and oxygen atoms in total. The van der Waals surface area contributed by atoms with Crippen LogP contribution in [0.25, 0.3) is 0 Å². The zero-order valence-corrected chi connectivity index (χ0v) is 17.6. The predicted molar refractivity (Wildman–Crippen MR) is 116 cm³/mol. The fourth-order valence-electron chi connectivity index (χ4n) is 2.66. The monoisotopic (exact) mass is 439 g/mol. The number of halogens is 4. The molecule has 3 rings (SSSR count). The highest BCUT2D eigenvalue weighted by Gasteiger charge is 2.13. The van der Waals surface area contributed by atoms with Crippen molar-refractivity contribution in [3.8, 4) is 5.75 Å². The molecule has 0 unspecified atom stereocenters. The first kappa shape index (κ1) is 20.2. The van der Waals surface area contributed by atoms with Gasteiger partial charge in [0, 0.05) is 38.4 Å². The second-order valence-corrected chi connectivity index (χ2v) is 7.76. The minimum atomic E-state index is 0.273. The van der Waals surface area contributed by atoms with Gasteiger partial charge in [0.2, 0.25) is 0 Å². The Hall–Kier alpha value is -1.58. The smallest absolute Gasteiger partial charge is 0.143 e. The van der Waals surface area contributed by atoms with Gasteiger partial charge >= 0.3 is 0 Å². The molecular formula is C21H17Cl4NO. The molecule has 0 spiro atoms. The standard InChI is InChI=1S/C21H17Cl4NO/c1-13-4-2-3-5-20(13)26-11-15-8-17(23)10-19(25)21(15)27-12-14-6-7-16(22)9-18(14)24/h2-10,26H,11-12H2,1H3. The zero-order chi connectivity index (χ0) is 19.4. The van der Waals surface area contributed by atoms with Gasteiger partial charge in [0.05, 0.1) is 5.02 Å². The molecule has 0 aliphatic carbocycles. The number of nitrogens with one attached hydrogen (secondary N) is 1. The SMILES string of the molecule is Cc1ccccc1NCc1cc(Cl)cc(Cl)c1OCc1ccc(Cl)cc1Cl. The van der Waals surface area contributed by atoms with E-state index in [9.17, 15) is 0 Å². The van der Waals surface area contributed by atoms with E-state index in [0.29, 0.717) is 32.4 Å². The van der Waals surface area contributed by atoms with E-state index >= 15 is 0 Å². The number of ether oxygens (including phenoxy) is 1. The van der Waals surface area contributed by atoms with Crippen LogP contribution in [0, 0.1) is 6.92 Å². The Morgan fingerprint density at radius 2 is 1.56 bits per heavy atom. The van der Waals surface area contributed by atoms with Gasteiger partial charge in [-0.2, -0.15) is 0 Å². The molecule has 1 N–H and O–H groups in total. The molecule has 140 valence electrons. The molecule has 0 heterocycles. The van der Waals surface area contributed by atoms with Gasteiger partial charge in [-0.3, -0.25) is 0 Å². The maximum Gasteiger partial charge on any atom is 0.143 e. The van der Waals surface area contributed by atoms with E-state index in [1.807, 2.05) is 43.3 Å². The zero-order valence-electron chi connectivity index (χ0n) is 14.5. The van der Waals surface area contributed by atoms with Crippen LogP contribution in [0.3, 0.4) is 0 Å². The lowest BCUT2D eigenvalue weighted by Crippen LogP contribution is -2.05. The van der Waals surface area contributed by atoms with Crippen LogP contribution in [0.1, 0.15) is 16.7 Å². The molecule has 0 saturated heterocycles. The number of anilines is 1. The number of rotatable bonds is 6. The number of benzene rings is 3. The van der Waals surface area contributed by atoms with Gasteiger partial charge < -0.3 is 10.1 Å². The van der Waals surface area contributed by atoms with E-state index in [0.717, 1.165) is 22.4 Å². The predicted octanol–water partition coefficient (Wildman–Crippen LogP) is 7.80. The molecule has 0 aliphatic rings. The molecule has 6 heteroatoms. The van der Waals surface area contributed by atoms with Crippen LogP contribution in [0.2, 0.25) is 20.1 Å². The third kappa shape index (κ3) is 5.24. The van der Waals surface area contributed by atoms with Gasteiger partial charge in [0.25, 0.3) is 0 Å². The van der Waals surface area contributed by atoms with Gasteiger partial charge in [-0.1, -0.05) is 70.7 Å². The first-order chi connectivity index (χ1) is 12.9. The molecule has 0 saturated carbocycles. The fraction of sp³-hybridized carbons (Fsp3) is 0.143. The second kappa shape index (κ2) is 9.07. The summed E-state index contributed by atoms with van der Waals surface area (Å²) in [7, 11) is 0. The van der Waals surface area contributed by atoms with E-state index in [4.69, 9.17) is 51.1 Å². The third-order valence-corrected chi connectivity index (χ3v) is 5.17. The van der Waals surface area contributed by atoms with Crippen molar-refractivity contribution >= 4 is 52.1 Å².